The first-order valence-electron chi connectivity index (χ1n) is 8.39. The summed E-state index contributed by atoms with van der Waals surface area (Å²) in [5, 5.41) is 2.39. The Morgan fingerprint density at radius 1 is 1.33 bits per heavy atom. The molecular formula is C20H24N2OS. The lowest BCUT2D eigenvalue weighted by atomic mass is 10.1. The Balaban J connectivity index is 1.82. The van der Waals surface area contributed by atoms with Gasteiger partial charge in [-0.15, -0.1) is 6.58 Å². The molecule has 3 rings (SSSR count). The average Bonchev–Trinajstić information content (AvgIpc) is 2.90. The van der Waals surface area contributed by atoms with Crippen LogP contribution in [0, 0.1) is 6.92 Å². The van der Waals surface area contributed by atoms with Crippen LogP contribution >= 0.6 is 11.3 Å². The van der Waals surface area contributed by atoms with Gasteiger partial charge in [0, 0.05) is 13.1 Å². The second-order valence-corrected chi connectivity index (χ2v) is 7.07. The third-order valence-corrected chi connectivity index (χ3v) is 5.38. The van der Waals surface area contributed by atoms with Crippen LogP contribution in [0.4, 0.5) is 5.00 Å². The summed E-state index contributed by atoms with van der Waals surface area (Å²) in [5.74, 6) is 0.924. The van der Waals surface area contributed by atoms with E-state index in [0.29, 0.717) is 0 Å². The molecule has 1 aromatic heterocycles. The van der Waals surface area contributed by atoms with E-state index in [-0.39, 0.29) is 0 Å². The fraction of sp³-hybridized carbons (Fsp3) is 0.350. The molecule has 2 heterocycles. The largest absolute Gasteiger partial charge is 0.496 e. The van der Waals surface area contributed by atoms with Crippen molar-refractivity contribution in [1.82, 2.24) is 4.98 Å². The SMILES string of the molecule is C=CCN1CCCCc2nc(/C=C/c3ccc(OC)c(C)c3)sc21. The van der Waals surface area contributed by atoms with Crippen LogP contribution in [-0.2, 0) is 6.42 Å². The monoisotopic (exact) mass is 340 g/mol. The van der Waals surface area contributed by atoms with Gasteiger partial charge in [0.2, 0.25) is 0 Å². The number of methoxy groups -OCH3 is 1. The van der Waals surface area contributed by atoms with Crippen molar-refractivity contribution in [1.29, 1.82) is 0 Å². The molecule has 1 aliphatic rings. The number of hydrogen-bond donors (Lipinski definition) is 0. The van der Waals surface area contributed by atoms with Crippen LogP contribution in [0.2, 0.25) is 0 Å². The summed E-state index contributed by atoms with van der Waals surface area (Å²) in [7, 11) is 1.70. The molecule has 0 atom stereocenters. The Labute approximate surface area is 148 Å². The summed E-state index contributed by atoms with van der Waals surface area (Å²) >= 11 is 1.78. The van der Waals surface area contributed by atoms with Crippen LogP contribution in [0.15, 0.2) is 30.9 Å². The molecule has 0 fully saturated rings. The van der Waals surface area contributed by atoms with E-state index in [0.717, 1.165) is 35.8 Å². The Hall–Kier alpha value is -2.07. The quantitative estimate of drug-likeness (QED) is 0.719. The number of aromatic nitrogens is 1. The van der Waals surface area contributed by atoms with E-state index in [9.17, 15) is 0 Å². The summed E-state index contributed by atoms with van der Waals surface area (Å²) in [6, 6.07) is 6.22. The zero-order chi connectivity index (χ0) is 16.9. The van der Waals surface area contributed by atoms with E-state index < -0.39 is 0 Å². The molecular weight excluding hydrogens is 316 g/mol. The Morgan fingerprint density at radius 2 is 2.21 bits per heavy atom. The summed E-state index contributed by atoms with van der Waals surface area (Å²) in [6.07, 6.45) is 9.74. The van der Waals surface area contributed by atoms with E-state index in [4.69, 9.17) is 9.72 Å². The first-order chi connectivity index (χ1) is 11.7. The molecule has 0 amide bonds. The maximum Gasteiger partial charge on any atom is 0.121 e. The number of thiazole rings is 1. The van der Waals surface area contributed by atoms with Crippen LogP contribution in [0.5, 0.6) is 5.75 Å². The maximum absolute atomic E-state index is 5.32. The number of fused-ring (bicyclic) bond motifs is 1. The van der Waals surface area contributed by atoms with Gasteiger partial charge in [0.05, 0.1) is 12.8 Å². The van der Waals surface area contributed by atoms with Crippen molar-refractivity contribution in [2.24, 2.45) is 0 Å². The average molecular weight is 340 g/mol. The van der Waals surface area contributed by atoms with Gasteiger partial charge < -0.3 is 9.64 Å². The van der Waals surface area contributed by atoms with Gasteiger partial charge in [0.1, 0.15) is 15.8 Å². The fourth-order valence-electron chi connectivity index (χ4n) is 3.04. The highest BCUT2D eigenvalue weighted by atomic mass is 32.1. The van der Waals surface area contributed by atoms with E-state index in [1.165, 1.54) is 29.1 Å². The third-order valence-electron chi connectivity index (χ3n) is 4.26. The van der Waals surface area contributed by atoms with Gasteiger partial charge in [0.25, 0.3) is 0 Å². The predicted molar refractivity (Wildman–Crippen MR) is 104 cm³/mol. The van der Waals surface area contributed by atoms with E-state index >= 15 is 0 Å². The Kier molecular flexibility index (Phi) is 5.36. The number of ether oxygens (including phenoxy) is 1. The van der Waals surface area contributed by atoms with Crippen molar-refractivity contribution in [3.63, 3.8) is 0 Å². The lowest BCUT2D eigenvalue weighted by Crippen LogP contribution is -2.22. The van der Waals surface area contributed by atoms with Gasteiger partial charge in [-0.2, -0.15) is 0 Å². The number of anilines is 1. The third kappa shape index (κ3) is 3.70. The number of aryl methyl sites for hydroxylation is 2. The fourth-order valence-corrected chi connectivity index (χ4v) is 4.09. The molecule has 3 nitrogen and oxygen atoms in total. The molecule has 0 spiro atoms. The molecule has 1 aromatic carbocycles. The molecule has 0 bridgehead atoms. The minimum atomic E-state index is 0.899. The van der Waals surface area contributed by atoms with Gasteiger partial charge in [-0.25, -0.2) is 4.98 Å². The number of nitrogens with zero attached hydrogens (tertiary/aromatic N) is 2. The molecule has 0 radical (unpaired) electrons. The normalized spacial score (nSPS) is 14.5. The predicted octanol–water partition coefficient (Wildman–Crippen LogP) is 4.96. The van der Waals surface area contributed by atoms with Crippen LogP contribution in [0.3, 0.4) is 0 Å². The Morgan fingerprint density at radius 3 is 2.96 bits per heavy atom. The second-order valence-electron chi connectivity index (χ2n) is 6.06. The summed E-state index contributed by atoms with van der Waals surface area (Å²) in [5.41, 5.74) is 3.55. The topological polar surface area (TPSA) is 25.4 Å². The van der Waals surface area contributed by atoms with Crippen LogP contribution in [0.1, 0.15) is 34.7 Å². The number of rotatable bonds is 5. The van der Waals surface area contributed by atoms with Crippen molar-refractivity contribution in [2.75, 3.05) is 25.1 Å². The van der Waals surface area contributed by atoms with E-state index in [1.807, 2.05) is 12.1 Å². The maximum atomic E-state index is 5.32. The molecule has 0 N–H and O–H groups in total. The van der Waals surface area contributed by atoms with Crippen LogP contribution in [-0.4, -0.2) is 25.2 Å². The second kappa shape index (κ2) is 7.67. The van der Waals surface area contributed by atoms with Crippen molar-refractivity contribution in [2.45, 2.75) is 26.2 Å². The molecule has 1 aliphatic heterocycles. The molecule has 0 saturated carbocycles. The van der Waals surface area contributed by atoms with Crippen LogP contribution < -0.4 is 9.64 Å². The zero-order valence-corrected chi connectivity index (χ0v) is 15.2. The number of benzene rings is 1. The Bertz CT molecular complexity index is 748. The molecule has 126 valence electrons. The highest BCUT2D eigenvalue weighted by molar-refractivity contribution is 7.16. The summed E-state index contributed by atoms with van der Waals surface area (Å²) in [6.45, 7) is 7.94. The van der Waals surface area contributed by atoms with Gasteiger partial charge in [-0.05, 0) is 55.5 Å². The zero-order valence-electron chi connectivity index (χ0n) is 14.4. The van der Waals surface area contributed by atoms with Crippen LogP contribution in [0.25, 0.3) is 12.2 Å². The first-order valence-corrected chi connectivity index (χ1v) is 9.21. The molecule has 24 heavy (non-hydrogen) atoms. The van der Waals surface area contributed by atoms with E-state index in [2.05, 4.69) is 42.7 Å². The molecule has 0 unspecified atom stereocenters. The molecule has 4 heteroatoms. The van der Waals surface area contributed by atoms with E-state index in [1.54, 1.807) is 18.4 Å². The van der Waals surface area contributed by atoms with Crippen molar-refractivity contribution in [3.8, 4) is 5.75 Å². The highest BCUT2D eigenvalue weighted by Gasteiger charge is 2.18. The molecule has 0 aliphatic carbocycles. The lowest BCUT2D eigenvalue weighted by Gasteiger charge is -2.19. The molecule has 0 saturated heterocycles. The van der Waals surface area contributed by atoms with Gasteiger partial charge in [0.15, 0.2) is 0 Å². The standard InChI is InChI=1S/C20H24N2OS/c1-4-12-22-13-6-5-7-17-20(22)24-19(21-17)11-9-16-8-10-18(23-3)15(2)14-16/h4,8-11,14H,1,5-7,12-13H2,2-3H3/b11-9+. The first kappa shape index (κ1) is 16.8. The smallest absolute Gasteiger partial charge is 0.121 e. The van der Waals surface area contributed by atoms with Gasteiger partial charge in [-0.3, -0.25) is 0 Å². The number of hydrogen-bond acceptors (Lipinski definition) is 4. The minimum absolute atomic E-state index is 0.899. The minimum Gasteiger partial charge on any atom is -0.496 e. The van der Waals surface area contributed by atoms with Crippen molar-refractivity contribution in [3.05, 3.63) is 52.7 Å². The molecule has 2 aromatic rings. The highest BCUT2D eigenvalue weighted by Crippen LogP contribution is 2.33. The van der Waals surface area contributed by atoms with Crippen molar-refractivity contribution >= 4 is 28.5 Å². The van der Waals surface area contributed by atoms with Crippen molar-refractivity contribution < 1.29 is 4.74 Å². The van der Waals surface area contributed by atoms with Gasteiger partial charge >= 0.3 is 0 Å². The lowest BCUT2D eigenvalue weighted by molar-refractivity contribution is 0.411. The summed E-state index contributed by atoms with van der Waals surface area (Å²) < 4.78 is 5.32. The van der Waals surface area contributed by atoms with Gasteiger partial charge in [-0.1, -0.05) is 29.6 Å². The summed E-state index contributed by atoms with van der Waals surface area (Å²) in [4.78, 5) is 7.25.